The maximum atomic E-state index is 14.4. The van der Waals surface area contributed by atoms with Gasteiger partial charge < -0.3 is 25.3 Å². The lowest BCUT2D eigenvalue weighted by Gasteiger charge is -2.37. The molecule has 0 radical (unpaired) electrons. The largest absolute Gasteiger partial charge is 0.396 e. The molecule has 0 amide bonds. The molecule has 0 bridgehead atoms. The van der Waals surface area contributed by atoms with Gasteiger partial charge in [0.1, 0.15) is 11.4 Å². The van der Waals surface area contributed by atoms with Crippen molar-refractivity contribution in [1.29, 1.82) is 0 Å². The summed E-state index contributed by atoms with van der Waals surface area (Å²) in [7, 11) is -2.13. The van der Waals surface area contributed by atoms with Gasteiger partial charge >= 0.3 is 0 Å². The molecule has 2 aliphatic heterocycles. The summed E-state index contributed by atoms with van der Waals surface area (Å²) in [6.07, 6.45) is -0.338. The van der Waals surface area contributed by atoms with Crippen LogP contribution in [0.4, 0.5) is 10.1 Å². The Balaban J connectivity index is 1.81. The second-order valence-electron chi connectivity index (χ2n) is 9.08. The van der Waals surface area contributed by atoms with Crippen LogP contribution in [0.25, 0.3) is 22.3 Å². The van der Waals surface area contributed by atoms with Crippen molar-refractivity contribution in [2.75, 3.05) is 19.0 Å². The lowest BCUT2D eigenvalue weighted by Crippen LogP contribution is -2.47. The molecule has 2 atom stereocenters. The molecular weight excluding hydrogens is 479 g/mol. The number of aliphatic hydroxyl groups excluding tert-OH is 1. The fourth-order valence-corrected chi connectivity index (χ4v) is 5.20. The van der Waals surface area contributed by atoms with Gasteiger partial charge in [-0.1, -0.05) is 6.92 Å². The van der Waals surface area contributed by atoms with E-state index in [2.05, 4.69) is 4.98 Å². The van der Waals surface area contributed by atoms with Crippen LogP contribution in [0.3, 0.4) is 0 Å². The SMILES string of the molecule is CC[C@]1(O)c2cc3n(c(=O)c2COC1O)Cc1c-3nc2cc(F)c(N)cc2c1CN(C)S(C)(=O)=O. The summed E-state index contributed by atoms with van der Waals surface area (Å²) in [6.45, 7) is 1.54. The number of aromatic nitrogens is 2. The van der Waals surface area contributed by atoms with E-state index in [-0.39, 0.29) is 48.4 Å². The minimum Gasteiger partial charge on any atom is -0.396 e. The van der Waals surface area contributed by atoms with Crippen molar-refractivity contribution in [3.05, 3.63) is 56.6 Å². The molecule has 0 spiro atoms. The molecule has 0 saturated heterocycles. The molecular formula is C23H25FN4O6S. The molecule has 5 rings (SSSR count). The average Bonchev–Trinajstić information content (AvgIpc) is 3.16. The minimum atomic E-state index is -3.56. The van der Waals surface area contributed by atoms with E-state index in [0.29, 0.717) is 27.9 Å². The van der Waals surface area contributed by atoms with Gasteiger partial charge in [0.25, 0.3) is 5.56 Å². The van der Waals surface area contributed by atoms with Gasteiger partial charge in [-0.2, -0.15) is 0 Å². The standard InChI is InChI=1S/C23H25FN4O6S/c1-4-23(31)15-6-19-20-13(9-28(19)21(29)14(15)10-34-22(23)30)12(8-27(2)35(3,32)33)11-5-17(25)16(24)7-18(11)26-20/h5-7,22,30-31H,4,8-10,25H2,1-3H3/t22?,23-/m0/s1. The summed E-state index contributed by atoms with van der Waals surface area (Å²) in [5, 5.41) is 21.9. The topological polar surface area (TPSA) is 148 Å². The summed E-state index contributed by atoms with van der Waals surface area (Å²) in [5.74, 6) is -0.672. The van der Waals surface area contributed by atoms with Crippen molar-refractivity contribution in [3.63, 3.8) is 0 Å². The molecule has 12 heteroatoms. The molecule has 3 aromatic rings. The third-order valence-corrected chi connectivity index (χ3v) is 8.29. The lowest BCUT2D eigenvalue weighted by atomic mass is 9.85. The molecule has 2 aromatic heterocycles. The van der Waals surface area contributed by atoms with E-state index in [1.165, 1.54) is 23.7 Å². The Bertz CT molecular complexity index is 1570. The van der Waals surface area contributed by atoms with E-state index in [1.54, 1.807) is 13.0 Å². The number of anilines is 1. The van der Waals surface area contributed by atoms with Crippen LogP contribution in [-0.2, 0) is 40.1 Å². The van der Waals surface area contributed by atoms with Crippen molar-refractivity contribution >= 4 is 26.6 Å². The molecule has 0 aliphatic carbocycles. The predicted molar refractivity (Wildman–Crippen MR) is 126 cm³/mol. The van der Waals surface area contributed by atoms with Crippen LogP contribution in [0.1, 0.15) is 35.6 Å². The van der Waals surface area contributed by atoms with Crippen LogP contribution in [-0.4, -0.2) is 52.1 Å². The normalized spacial score (nSPS) is 21.3. The zero-order chi connectivity index (χ0) is 25.4. The van der Waals surface area contributed by atoms with E-state index in [1.807, 2.05) is 0 Å². The summed E-state index contributed by atoms with van der Waals surface area (Å²) in [6, 6.07) is 4.20. The van der Waals surface area contributed by atoms with Crippen molar-refractivity contribution in [1.82, 2.24) is 13.9 Å². The highest BCUT2D eigenvalue weighted by Gasteiger charge is 2.44. The molecule has 10 nitrogen and oxygen atoms in total. The van der Waals surface area contributed by atoms with Gasteiger partial charge in [0, 0.05) is 41.7 Å². The maximum Gasteiger partial charge on any atom is 0.257 e. The highest BCUT2D eigenvalue weighted by atomic mass is 32.2. The number of aliphatic hydroxyl groups is 2. The molecule has 2 aliphatic rings. The highest BCUT2D eigenvalue weighted by molar-refractivity contribution is 7.88. The third kappa shape index (κ3) is 3.47. The summed E-state index contributed by atoms with van der Waals surface area (Å²) in [4.78, 5) is 18.1. The molecule has 4 heterocycles. The second kappa shape index (κ2) is 7.80. The predicted octanol–water partition coefficient (Wildman–Crippen LogP) is 0.984. The fraction of sp³-hybridized carbons (Fsp3) is 0.391. The number of halogens is 1. The van der Waals surface area contributed by atoms with Crippen LogP contribution in [0, 0.1) is 5.82 Å². The number of sulfonamides is 1. The number of ether oxygens (including phenoxy) is 1. The number of rotatable bonds is 4. The first-order valence-electron chi connectivity index (χ1n) is 11.0. The highest BCUT2D eigenvalue weighted by Crippen LogP contribution is 2.42. The van der Waals surface area contributed by atoms with E-state index in [4.69, 9.17) is 10.5 Å². The van der Waals surface area contributed by atoms with Crippen molar-refractivity contribution < 1.29 is 27.8 Å². The molecule has 1 unspecified atom stereocenters. The van der Waals surface area contributed by atoms with Gasteiger partial charge in [-0.3, -0.25) is 4.79 Å². The number of fused-ring (bicyclic) bond motifs is 5. The number of nitrogens with two attached hydrogens (primary N) is 1. The Kier molecular flexibility index (Phi) is 5.31. The maximum absolute atomic E-state index is 14.4. The van der Waals surface area contributed by atoms with E-state index in [0.717, 1.165) is 10.6 Å². The van der Waals surface area contributed by atoms with Gasteiger partial charge in [0.05, 0.1) is 42.0 Å². The molecule has 0 saturated carbocycles. The van der Waals surface area contributed by atoms with E-state index >= 15 is 0 Å². The van der Waals surface area contributed by atoms with Crippen LogP contribution in [0.5, 0.6) is 0 Å². The van der Waals surface area contributed by atoms with Crippen molar-refractivity contribution in [2.45, 2.75) is 44.9 Å². The molecule has 4 N–H and O–H groups in total. The summed E-state index contributed by atoms with van der Waals surface area (Å²) < 4.78 is 46.6. The number of nitrogens with zero attached hydrogens (tertiary/aromatic N) is 3. The quantitative estimate of drug-likeness (QED) is 0.349. The Morgan fingerprint density at radius 2 is 2.06 bits per heavy atom. The summed E-state index contributed by atoms with van der Waals surface area (Å²) in [5.41, 5.74) is 6.13. The zero-order valence-corrected chi connectivity index (χ0v) is 20.2. The van der Waals surface area contributed by atoms with Gasteiger partial charge in [-0.25, -0.2) is 22.1 Å². The van der Waals surface area contributed by atoms with E-state index in [9.17, 15) is 27.8 Å². The van der Waals surface area contributed by atoms with Gasteiger partial charge in [0.2, 0.25) is 10.0 Å². The number of nitrogen functional groups attached to an aromatic ring is 1. The van der Waals surface area contributed by atoms with Crippen LogP contribution in [0.15, 0.2) is 23.0 Å². The van der Waals surface area contributed by atoms with Crippen LogP contribution in [0.2, 0.25) is 0 Å². The van der Waals surface area contributed by atoms with E-state index < -0.39 is 33.3 Å². The lowest BCUT2D eigenvalue weighted by molar-refractivity contribution is -0.236. The first-order valence-corrected chi connectivity index (χ1v) is 12.8. The van der Waals surface area contributed by atoms with Crippen LogP contribution >= 0.6 is 0 Å². The Morgan fingerprint density at radius 1 is 1.34 bits per heavy atom. The Labute approximate surface area is 200 Å². The number of hydrogen-bond acceptors (Lipinski definition) is 8. The molecule has 0 fully saturated rings. The smallest absolute Gasteiger partial charge is 0.257 e. The van der Waals surface area contributed by atoms with Crippen LogP contribution < -0.4 is 11.3 Å². The third-order valence-electron chi connectivity index (χ3n) is 7.03. The van der Waals surface area contributed by atoms with Gasteiger partial charge in [-0.15, -0.1) is 0 Å². The second-order valence-corrected chi connectivity index (χ2v) is 11.2. The summed E-state index contributed by atoms with van der Waals surface area (Å²) >= 11 is 0. The Hall–Kier alpha value is -2.90. The first-order chi connectivity index (χ1) is 16.4. The minimum absolute atomic E-state index is 0.0472. The molecule has 35 heavy (non-hydrogen) atoms. The Morgan fingerprint density at radius 3 is 2.71 bits per heavy atom. The number of hydrogen-bond donors (Lipinski definition) is 3. The monoisotopic (exact) mass is 504 g/mol. The van der Waals surface area contributed by atoms with Gasteiger partial charge in [0.15, 0.2) is 6.29 Å². The average molecular weight is 505 g/mol. The van der Waals surface area contributed by atoms with Gasteiger partial charge in [-0.05, 0) is 24.1 Å². The number of benzene rings is 1. The molecule has 1 aromatic carbocycles. The molecule has 186 valence electrons. The number of pyridine rings is 2. The van der Waals surface area contributed by atoms with Crippen molar-refractivity contribution in [3.8, 4) is 11.4 Å². The van der Waals surface area contributed by atoms with Crippen molar-refractivity contribution in [2.24, 2.45) is 0 Å². The zero-order valence-electron chi connectivity index (χ0n) is 19.4. The first kappa shape index (κ1) is 23.8. The fourth-order valence-electron chi connectivity index (χ4n) is 4.83.